The summed E-state index contributed by atoms with van der Waals surface area (Å²) in [5.41, 5.74) is 2.20. The molecule has 1 aliphatic rings. The number of likely N-dealkylation sites (tertiary alicyclic amines) is 1. The lowest BCUT2D eigenvalue weighted by molar-refractivity contribution is 0.149. The number of fused-ring (bicyclic) bond motifs is 1. The van der Waals surface area contributed by atoms with Crippen LogP contribution in [-0.2, 0) is 0 Å². The van der Waals surface area contributed by atoms with Crippen molar-refractivity contribution in [2.24, 2.45) is 0 Å². The zero-order valence-electron chi connectivity index (χ0n) is 11.1. The Morgan fingerprint density at radius 1 is 1.33 bits per heavy atom. The highest BCUT2D eigenvalue weighted by Crippen LogP contribution is 2.29. The number of hydrogen-bond donors (Lipinski definition) is 0. The van der Waals surface area contributed by atoms with Crippen LogP contribution in [0.1, 0.15) is 43.6 Å². The van der Waals surface area contributed by atoms with Crippen LogP contribution in [0.4, 0.5) is 0 Å². The van der Waals surface area contributed by atoms with E-state index in [4.69, 9.17) is 0 Å². The van der Waals surface area contributed by atoms with Gasteiger partial charge in [0.15, 0.2) is 11.5 Å². The Balaban J connectivity index is 2.02. The maximum atomic E-state index is 4.43. The van der Waals surface area contributed by atoms with Gasteiger partial charge < -0.3 is 0 Å². The normalized spacial score (nSPS) is 21.6. The molecule has 2 aromatic rings. The SMILES string of the molecule is CCN1CCCCC1c1nnc2cc(C)ccn12. The van der Waals surface area contributed by atoms with Crippen LogP contribution in [0.25, 0.3) is 5.65 Å². The smallest absolute Gasteiger partial charge is 0.161 e. The van der Waals surface area contributed by atoms with Crippen molar-refractivity contribution < 1.29 is 0 Å². The lowest BCUT2D eigenvalue weighted by atomic mass is 10.0. The van der Waals surface area contributed by atoms with E-state index in [9.17, 15) is 0 Å². The molecule has 3 heterocycles. The number of pyridine rings is 1. The molecule has 0 saturated carbocycles. The first-order valence-electron chi connectivity index (χ1n) is 6.85. The Bertz CT molecular complexity index is 546. The molecule has 1 saturated heterocycles. The highest BCUT2D eigenvalue weighted by Gasteiger charge is 2.26. The largest absolute Gasteiger partial charge is 0.294 e. The van der Waals surface area contributed by atoms with E-state index in [1.54, 1.807) is 0 Å². The van der Waals surface area contributed by atoms with Gasteiger partial charge in [-0.2, -0.15) is 0 Å². The van der Waals surface area contributed by atoms with E-state index in [2.05, 4.69) is 51.7 Å². The topological polar surface area (TPSA) is 33.4 Å². The maximum Gasteiger partial charge on any atom is 0.161 e. The van der Waals surface area contributed by atoms with E-state index in [1.807, 2.05) is 0 Å². The van der Waals surface area contributed by atoms with E-state index < -0.39 is 0 Å². The fraction of sp³-hybridized carbons (Fsp3) is 0.571. The molecule has 3 rings (SSSR count). The predicted octanol–water partition coefficient (Wildman–Crippen LogP) is 2.58. The molecule has 96 valence electrons. The van der Waals surface area contributed by atoms with Gasteiger partial charge >= 0.3 is 0 Å². The summed E-state index contributed by atoms with van der Waals surface area (Å²) < 4.78 is 2.14. The van der Waals surface area contributed by atoms with Gasteiger partial charge in [-0.05, 0) is 50.6 Å². The minimum Gasteiger partial charge on any atom is -0.294 e. The molecule has 2 aromatic heterocycles. The van der Waals surface area contributed by atoms with Crippen molar-refractivity contribution >= 4 is 5.65 Å². The van der Waals surface area contributed by atoms with E-state index in [0.717, 1.165) is 18.0 Å². The molecular formula is C14H20N4. The van der Waals surface area contributed by atoms with Crippen LogP contribution in [0.15, 0.2) is 18.3 Å². The number of aromatic nitrogens is 3. The third kappa shape index (κ3) is 1.90. The molecular weight excluding hydrogens is 224 g/mol. The standard InChI is InChI=1S/C14H20N4/c1-3-17-8-5-4-6-12(17)14-16-15-13-10-11(2)7-9-18(13)14/h7,9-10,12H,3-6,8H2,1-2H3. The van der Waals surface area contributed by atoms with Gasteiger partial charge in [0.2, 0.25) is 0 Å². The molecule has 1 fully saturated rings. The summed E-state index contributed by atoms with van der Waals surface area (Å²) in [6.07, 6.45) is 5.90. The van der Waals surface area contributed by atoms with Gasteiger partial charge in [-0.15, -0.1) is 10.2 Å². The number of hydrogen-bond acceptors (Lipinski definition) is 3. The highest BCUT2D eigenvalue weighted by atomic mass is 15.3. The van der Waals surface area contributed by atoms with Crippen LogP contribution >= 0.6 is 0 Å². The van der Waals surface area contributed by atoms with Gasteiger partial charge in [0.05, 0.1) is 6.04 Å². The van der Waals surface area contributed by atoms with Gasteiger partial charge in [-0.3, -0.25) is 9.30 Å². The fourth-order valence-electron chi connectivity index (χ4n) is 2.90. The Hall–Kier alpha value is -1.42. The van der Waals surface area contributed by atoms with Crippen LogP contribution in [0.5, 0.6) is 0 Å². The number of nitrogens with zero attached hydrogens (tertiary/aromatic N) is 4. The van der Waals surface area contributed by atoms with E-state index in [1.165, 1.54) is 31.4 Å². The second-order valence-electron chi connectivity index (χ2n) is 5.13. The molecule has 1 atom stereocenters. The van der Waals surface area contributed by atoms with Crippen LogP contribution in [0.3, 0.4) is 0 Å². The third-order valence-corrected chi connectivity index (χ3v) is 3.91. The van der Waals surface area contributed by atoms with Crippen molar-refractivity contribution in [3.63, 3.8) is 0 Å². The Labute approximate surface area is 108 Å². The second kappa shape index (κ2) is 4.69. The first-order valence-corrected chi connectivity index (χ1v) is 6.85. The van der Waals surface area contributed by atoms with Gasteiger partial charge in [0.1, 0.15) is 0 Å². The molecule has 18 heavy (non-hydrogen) atoms. The van der Waals surface area contributed by atoms with Crippen LogP contribution < -0.4 is 0 Å². The number of piperidine rings is 1. The van der Waals surface area contributed by atoms with Crippen molar-refractivity contribution in [2.75, 3.05) is 13.1 Å². The molecule has 0 N–H and O–H groups in total. The zero-order chi connectivity index (χ0) is 12.5. The fourth-order valence-corrected chi connectivity index (χ4v) is 2.90. The van der Waals surface area contributed by atoms with Gasteiger partial charge in [-0.25, -0.2) is 0 Å². The summed E-state index contributed by atoms with van der Waals surface area (Å²) in [4.78, 5) is 2.51. The third-order valence-electron chi connectivity index (χ3n) is 3.91. The Morgan fingerprint density at radius 3 is 3.06 bits per heavy atom. The van der Waals surface area contributed by atoms with Crippen molar-refractivity contribution in [2.45, 2.75) is 39.2 Å². The lowest BCUT2D eigenvalue weighted by Crippen LogP contribution is -2.34. The molecule has 0 radical (unpaired) electrons. The van der Waals surface area contributed by atoms with Crippen LogP contribution in [0.2, 0.25) is 0 Å². The average Bonchev–Trinajstić information content (AvgIpc) is 2.81. The van der Waals surface area contributed by atoms with E-state index in [0.29, 0.717) is 6.04 Å². The summed E-state index contributed by atoms with van der Waals surface area (Å²) >= 11 is 0. The quantitative estimate of drug-likeness (QED) is 0.814. The minimum atomic E-state index is 0.432. The van der Waals surface area contributed by atoms with E-state index >= 15 is 0 Å². The average molecular weight is 244 g/mol. The molecule has 0 spiro atoms. The molecule has 1 aliphatic heterocycles. The van der Waals surface area contributed by atoms with Gasteiger partial charge in [0, 0.05) is 6.20 Å². The summed E-state index contributed by atoms with van der Waals surface area (Å²) in [7, 11) is 0. The van der Waals surface area contributed by atoms with Crippen molar-refractivity contribution in [3.8, 4) is 0 Å². The van der Waals surface area contributed by atoms with Crippen molar-refractivity contribution in [1.29, 1.82) is 0 Å². The molecule has 0 aromatic carbocycles. The first-order chi connectivity index (χ1) is 8.79. The Morgan fingerprint density at radius 2 is 2.22 bits per heavy atom. The Kier molecular flexibility index (Phi) is 3.04. The van der Waals surface area contributed by atoms with Crippen LogP contribution in [-0.4, -0.2) is 32.6 Å². The molecule has 0 bridgehead atoms. The minimum absolute atomic E-state index is 0.432. The number of aryl methyl sites for hydroxylation is 1. The summed E-state index contributed by atoms with van der Waals surface area (Å²) in [6, 6.07) is 4.65. The zero-order valence-corrected chi connectivity index (χ0v) is 11.1. The summed E-state index contributed by atoms with van der Waals surface area (Å²) in [6.45, 7) is 6.59. The molecule has 4 heteroatoms. The maximum absolute atomic E-state index is 4.43. The predicted molar refractivity (Wildman–Crippen MR) is 71.6 cm³/mol. The molecule has 0 amide bonds. The van der Waals surface area contributed by atoms with Gasteiger partial charge in [-0.1, -0.05) is 13.3 Å². The lowest BCUT2D eigenvalue weighted by Gasteiger charge is -2.33. The second-order valence-corrected chi connectivity index (χ2v) is 5.13. The molecule has 1 unspecified atom stereocenters. The van der Waals surface area contributed by atoms with Gasteiger partial charge in [0.25, 0.3) is 0 Å². The first kappa shape index (κ1) is 11.7. The molecule has 4 nitrogen and oxygen atoms in total. The van der Waals surface area contributed by atoms with Crippen molar-refractivity contribution in [1.82, 2.24) is 19.5 Å². The van der Waals surface area contributed by atoms with Crippen LogP contribution in [0, 0.1) is 6.92 Å². The monoisotopic (exact) mass is 244 g/mol. The number of rotatable bonds is 2. The molecule has 0 aliphatic carbocycles. The van der Waals surface area contributed by atoms with E-state index in [-0.39, 0.29) is 0 Å². The van der Waals surface area contributed by atoms with Crippen molar-refractivity contribution in [3.05, 3.63) is 29.7 Å². The highest BCUT2D eigenvalue weighted by molar-refractivity contribution is 5.41. The summed E-state index contributed by atoms with van der Waals surface area (Å²) in [5.74, 6) is 1.10. The summed E-state index contributed by atoms with van der Waals surface area (Å²) in [5, 5.41) is 8.74.